The summed E-state index contributed by atoms with van der Waals surface area (Å²) >= 11 is 0. The van der Waals surface area contributed by atoms with Crippen LogP contribution in [0.5, 0.6) is 0 Å². The van der Waals surface area contributed by atoms with E-state index in [-0.39, 0.29) is 18.4 Å². The van der Waals surface area contributed by atoms with Crippen LogP contribution in [0.15, 0.2) is 0 Å². The molecule has 5 nitrogen and oxygen atoms in total. The number of rotatable bonds is 5. The van der Waals surface area contributed by atoms with Crippen LogP contribution < -0.4 is 10.6 Å². The van der Waals surface area contributed by atoms with E-state index in [9.17, 15) is 9.59 Å². The van der Waals surface area contributed by atoms with Gasteiger partial charge in [-0.1, -0.05) is 6.92 Å². The predicted molar refractivity (Wildman–Crippen MR) is 53.6 cm³/mol. The van der Waals surface area contributed by atoms with Crippen LogP contribution in [0.3, 0.4) is 0 Å². The summed E-state index contributed by atoms with van der Waals surface area (Å²) in [6, 6.07) is 1.98. The molecule has 1 rings (SSSR count). The molecule has 0 heterocycles. The molecule has 0 saturated heterocycles. The fraction of sp³-hybridized carbons (Fsp3) is 0.700. The van der Waals surface area contributed by atoms with Gasteiger partial charge in [-0.25, -0.2) is 0 Å². The Morgan fingerprint density at radius 3 is 2.53 bits per heavy atom. The molecule has 0 unspecified atom stereocenters. The number of carbonyl (C=O) groups excluding carboxylic acids is 2. The first-order valence-electron chi connectivity index (χ1n) is 5.11. The SMILES string of the molecule is CCCNC(=O)CNC(=O)C1(C#N)CC1. The first kappa shape index (κ1) is 11.5. The predicted octanol–water partition coefficient (Wildman–Crippen LogP) is -0.0674. The highest BCUT2D eigenvalue weighted by Crippen LogP contribution is 2.44. The Morgan fingerprint density at radius 1 is 1.40 bits per heavy atom. The van der Waals surface area contributed by atoms with Gasteiger partial charge in [0, 0.05) is 6.54 Å². The molecule has 82 valence electrons. The van der Waals surface area contributed by atoms with E-state index in [1.54, 1.807) is 0 Å². The summed E-state index contributed by atoms with van der Waals surface area (Å²) in [6.45, 7) is 2.52. The maximum Gasteiger partial charge on any atom is 0.240 e. The van der Waals surface area contributed by atoms with Crippen molar-refractivity contribution in [3.63, 3.8) is 0 Å². The van der Waals surface area contributed by atoms with Gasteiger partial charge in [0.05, 0.1) is 12.6 Å². The quantitative estimate of drug-likeness (QED) is 0.665. The van der Waals surface area contributed by atoms with E-state index in [1.807, 2.05) is 13.0 Å². The first-order chi connectivity index (χ1) is 7.14. The Labute approximate surface area is 88.8 Å². The normalized spacial score (nSPS) is 16.3. The maximum atomic E-state index is 11.4. The monoisotopic (exact) mass is 209 g/mol. The molecular weight excluding hydrogens is 194 g/mol. The molecule has 0 aromatic heterocycles. The van der Waals surface area contributed by atoms with E-state index in [2.05, 4.69) is 10.6 Å². The van der Waals surface area contributed by atoms with Gasteiger partial charge in [-0.3, -0.25) is 9.59 Å². The number of hydrogen-bond acceptors (Lipinski definition) is 3. The lowest BCUT2D eigenvalue weighted by Gasteiger charge is -2.07. The molecule has 2 amide bonds. The van der Waals surface area contributed by atoms with Gasteiger partial charge in [-0.05, 0) is 19.3 Å². The minimum atomic E-state index is -0.842. The largest absolute Gasteiger partial charge is 0.355 e. The third kappa shape index (κ3) is 2.94. The molecule has 0 atom stereocenters. The molecule has 2 N–H and O–H groups in total. The third-order valence-electron chi connectivity index (χ3n) is 2.38. The summed E-state index contributed by atoms with van der Waals surface area (Å²) in [4.78, 5) is 22.6. The summed E-state index contributed by atoms with van der Waals surface area (Å²) in [7, 11) is 0. The van der Waals surface area contributed by atoms with Crippen molar-refractivity contribution in [2.45, 2.75) is 26.2 Å². The van der Waals surface area contributed by atoms with Gasteiger partial charge >= 0.3 is 0 Å². The molecule has 1 aliphatic carbocycles. The van der Waals surface area contributed by atoms with Gasteiger partial charge < -0.3 is 10.6 Å². The fourth-order valence-electron chi connectivity index (χ4n) is 1.17. The zero-order valence-corrected chi connectivity index (χ0v) is 8.80. The van der Waals surface area contributed by atoms with Crippen LogP contribution in [0.1, 0.15) is 26.2 Å². The molecule has 0 aromatic carbocycles. The van der Waals surface area contributed by atoms with Crippen LogP contribution in [0.2, 0.25) is 0 Å². The van der Waals surface area contributed by atoms with Crippen LogP contribution in [0, 0.1) is 16.7 Å². The van der Waals surface area contributed by atoms with Gasteiger partial charge in [0.15, 0.2) is 0 Å². The Morgan fingerprint density at radius 2 is 2.07 bits per heavy atom. The lowest BCUT2D eigenvalue weighted by atomic mass is 10.1. The Balaban J connectivity index is 2.23. The molecule has 15 heavy (non-hydrogen) atoms. The van der Waals surface area contributed by atoms with Crippen LogP contribution in [0.4, 0.5) is 0 Å². The van der Waals surface area contributed by atoms with E-state index in [1.165, 1.54) is 0 Å². The molecule has 5 heteroatoms. The zero-order chi connectivity index (χ0) is 11.3. The number of nitrogens with one attached hydrogen (secondary N) is 2. The first-order valence-corrected chi connectivity index (χ1v) is 5.11. The third-order valence-corrected chi connectivity index (χ3v) is 2.38. The summed E-state index contributed by atoms with van der Waals surface area (Å²) in [5, 5.41) is 13.8. The number of nitrogens with zero attached hydrogens (tertiary/aromatic N) is 1. The van der Waals surface area contributed by atoms with Gasteiger partial charge in [-0.2, -0.15) is 5.26 Å². The Kier molecular flexibility index (Phi) is 3.67. The minimum Gasteiger partial charge on any atom is -0.355 e. The van der Waals surface area contributed by atoms with Crippen molar-refractivity contribution in [1.82, 2.24) is 10.6 Å². The van der Waals surface area contributed by atoms with Crippen molar-refractivity contribution in [3.8, 4) is 6.07 Å². The van der Waals surface area contributed by atoms with Crippen molar-refractivity contribution >= 4 is 11.8 Å². The molecule has 0 aliphatic heterocycles. The van der Waals surface area contributed by atoms with Crippen LogP contribution in [0.25, 0.3) is 0 Å². The highest BCUT2D eigenvalue weighted by atomic mass is 16.2. The van der Waals surface area contributed by atoms with E-state index in [0.717, 1.165) is 6.42 Å². The summed E-state index contributed by atoms with van der Waals surface area (Å²) < 4.78 is 0. The van der Waals surface area contributed by atoms with Crippen molar-refractivity contribution in [2.24, 2.45) is 5.41 Å². The topological polar surface area (TPSA) is 82.0 Å². The van der Waals surface area contributed by atoms with Crippen LogP contribution >= 0.6 is 0 Å². The molecule has 0 bridgehead atoms. The number of carbonyl (C=O) groups is 2. The van der Waals surface area contributed by atoms with E-state index < -0.39 is 5.41 Å². The molecule has 0 spiro atoms. The molecule has 1 fully saturated rings. The smallest absolute Gasteiger partial charge is 0.240 e. The van der Waals surface area contributed by atoms with E-state index in [0.29, 0.717) is 19.4 Å². The fourth-order valence-corrected chi connectivity index (χ4v) is 1.17. The Hall–Kier alpha value is -1.57. The van der Waals surface area contributed by atoms with Crippen molar-refractivity contribution < 1.29 is 9.59 Å². The highest BCUT2D eigenvalue weighted by Gasteiger charge is 2.50. The second-order valence-corrected chi connectivity index (χ2v) is 3.73. The molecule has 0 radical (unpaired) electrons. The summed E-state index contributed by atoms with van der Waals surface area (Å²) in [6.07, 6.45) is 2.07. The lowest BCUT2D eigenvalue weighted by molar-refractivity contribution is -0.128. The second kappa shape index (κ2) is 4.78. The van der Waals surface area contributed by atoms with Crippen LogP contribution in [-0.4, -0.2) is 24.9 Å². The van der Waals surface area contributed by atoms with E-state index in [4.69, 9.17) is 5.26 Å². The van der Waals surface area contributed by atoms with Crippen molar-refractivity contribution in [2.75, 3.05) is 13.1 Å². The van der Waals surface area contributed by atoms with Gasteiger partial charge in [0.1, 0.15) is 5.41 Å². The van der Waals surface area contributed by atoms with Crippen molar-refractivity contribution in [3.05, 3.63) is 0 Å². The number of amides is 2. The number of hydrogen-bond donors (Lipinski definition) is 2. The van der Waals surface area contributed by atoms with Crippen molar-refractivity contribution in [1.29, 1.82) is 5.26 Å². The highest BCUT2D eigenvalue weighted by molar-refractivity contribution is 5.91. The molecular formula is C10H15N3O2. The average molecular weight is 209 g/mol. The van der Waals surface area contributed by atoms with Gasteiger partial charge in [0.2, 0.25) is 11.8 Å². The van der Waals surface area contributed by atoms with Crippen LogP contribution in [-0.2, 0) is 9.59 Å². The minimum absolute atomic E-state index is 0.0394. The zero-order valence-electron chi connectivity index (χ0n) is 8.80. The average Bonchev–Trinajstić information content (AvgIpc) is 3.03. The summed E-state index contributed by atoms with van der Waals surface area (Å²) in [5.41, 5.74) is -0.842. The second-order valence-electron chi connectivity index (χ2n) is 3.73. The molecule has 0 aromatic rings. The van der Waals surface area contributed by atoms with E-state index >= 15 is 0 Å². The maximum absolute atomic E-state index is 11.4. The molecule has 1 aliphatic rings. The lowest BCUT2D eigenvalue weighted by Crippen LogP contribution is -2.40. The van der Waals surface area contributed by atoms with Gasteiger partial charge in [-0.15, -0.1) is 0 Å². The molecule has 1 saturated carbocycles. The number of nitriles is 1. The summed E-state index contributed by atoms with van der Waals surface area (Å²) in [5.74, 6) is -0.532. The standard InChI is InChI=1S/C10H15N3O2/c1-2-5-12-8(14)6-13-9(15)10(7-11)3-4-10/h2-6H2,1H3,(H,12,14)(H,13,15). The Bertz CT molecular complexity index is 302. The van der Waals surface area contributed by atoms with Gasteiger partial charge in [0.25, 0.3) is 0 Å².